The van der Waals surface area contributed by atoms with E-state index < -0.39 is 0 Å². The second-order valence-electron chi connectivity index (χ2n) is 6.63. The molecule has 4 rings (SSSR count). The number of rotatable bonds is 3. The fourth-order valence-electron chi connectivity index (χ4n) is 3.58. The SMILES string of the molecule is O=C(c1cccnc1)N1CCN2C(=O)N(Cc3ccc(F)cc3)C[C@H]2C1. The molecule has 2 saturated heterocycles. The van der Waals surface area contributed by atoms with Crippen LogP contribution in [0.5, 0.6) is 0 Å². The molecule has 0 N–H and O–H groups in total. The summed E-state index contributed by atoms with van der Waals surface area (Å²) in [4.78, 5) is 34.6. The van der Waals surface area contributed by atoms with Crippen LogP contribution in [0, 0.1) is 5.82 Å². The Morgan fingerprint density at radius 1 is 1.15 bits per heavy atom. The van der Waals surface area contributed by atoms with Gasteiger partial charge in [0.05, 0.1) is 11.6 Å². The zero-order chi connectivity index (χ0) is 18.1. The number of urea groups is 1. The van der Waals surface area contributed by atoms with Crippen LogP contribution in [-0.2, 0) is 6.54 Å². The molecule has 0 unspecified atom stereocenters. The Kier molecular flexibility index (Phi) is 4.28. The molecule has 1 atom stereocenters. The summed E-state index contributed by atoms with van der Waals surface area (Å²) in [5, 5.41) is 0. The minimum atomic E-state index is -0.288. The third-order valence-corrected chi connectivity index (χ3v) is 4.91. The summed E-state index contributed by atoms with van der Waals surface area (Å²) in [6.45, 7) is 2.56. The van der Waals surface area contributed by atoms with E-state index in [1.54, 1.807) is 46.5 Å². The van der Waals surface area contributed by atoms with Gasteiger partial charge in [0.2, 0.25) is 0 Å². The molecule has 0 aliphatic carbocycles. The van der Waals surface area contributed by atoms with E-state index in [2.05, 4.69) is 4.98 Å². The number of hydrogen-bond acceptors (Lipinski definition) is 3. The third kappa shape index (κ3) is 3.12. The van der Waals surface area contributed by atoms with Crippen molar-refractivity contribution >= 4 is 11.9 Å². The van der Waals surface area contributed by atoms with Gasteiger partial charge >= 0.3 is 6.03 Å². The molecule has 1 aromatic heterocycles. The van der Waals surface area contributed by atoms with Gasteiger partial charge in [-0.25, -0.2) is 9.18 Å². The number of pyridine rings is 1. The van der Waals surface area contributed by atoms with Crippen molar-refractivity contribution in [1.29, 1.82) is 0 Å². The van der Waals surface area contributed by atoms with Gasteiger partial charge in [-0.15, -0.1) is 0 Å². The van der Waals surface area contributed by atoms with E-state index >= 15 is 0 Å². The molecule has 0 bridgehead atoms. The number of aromatic nitrogens is 1. The lowest BCUT2D eigenvalue weighted by molar-refractivity contribution is 0.0616. The van der Waals surface area contributed by atoms with Crippen LogP contribution in [0.2, 0.25) is 0 Å². The largest absolute Gasteiger partial charge is 0.335 e. The first kappa shape index (κ1) is 16.5. The predicted octanol–water partition coefficient (Wildman–Crippen LogP) is 1.98. The van der Waals surface area contributed by atoms with Crippen molar-refractivity contribution in [2.24, 2.45) is 0 Å². The van der Waals surface area contributed by atoms with Gasteiger partial charge < -0.3 is 14.7 Å². The van der Waals surface area contributed by atoms with Gasteiger partial charge in [0.15, 0.2) is 0 Å². The number of carbonyl (C=O) groups excluding carboxylic acids is 2. The van der Waals surface area contributed by atoms with E-state index in [0.717, 1.165) is 5.56 Å². The maximum atomic E-state index is 13.0. The van der Waals surface area contributed by atoms with E-state index in [4.69, 9.17) is 0 Å². The van der Waals surface area contributed by atoms with E-state index in [1.807, 2.05) is 4.90 Å². The molecule has 2 aliphatic heterocycles. The summed E-state index contributed by atoms with van der Waals surface area (Å²) in [6.07, 6.45) is 3.20. The van der Waals surface area contributed by atoms with Gasteiger partial charge in [-0.3, -0.25) is 9.78 Å². The molecule has 3 amide bonds. The highest BCUT2D eigenvalue weighted by Gasteiger charge is 2.41. The molecule has 2 aromatic rings. The number of carbonyl (C=O) groups is 2. The van der Waals surface area contributed by atoms with Crippen LogP contribution >= 0.6 is 0 Å². The number of piperazine rings is 1. The molecule has 0 radical (unpaired) electrons. The lowest BCUT2D eigenvalue weighted by Gasteiger charge is -2.36. The third-order valence-electron chi connectivity index (χ3n) is 4.91. The van der Waals surface area contributed by atoms with E-state index in [1.165, 1.54) is 12.1 Å². The lowest BCUT2D eigenvalue weighted by Crippen LogP contribution is -2.53. The summed E-state index contributed by atoms with van der Waals surface area (Å²) in [5.41, 5.74) is 1.45. The summed E-state index contributed by atoms with van der Waals surface area (Å²) < 4.78 is 13.0. The van der Waals surface area contributed by atoms with E-state index in [-0.39, 0.29) is 23.8 Å². The van der Waals surface area contributed by atoms with Crippen molar-refractivity contribution in [2.45, 2.75) is 12.6 Å². The number of amides is 3. The zero-order valence-electron chi connectivity index (χ0n) is 14.2. The van der Waals surface area contributed by atoms with Gasteiger partial charge in [0, 0.05) is 45.1 Å². The molecule has 3 heterocycles. The first-order valence-electron chi connectivity index (χ1n) is 8.61. The lowest BCUT2D eigenvalue weighted by atomic mass is 10.1. The topological polar surface area (TPSA) is 56.8 Å². The number of nitrogens with zero attached hydrogens (tertiary/aromatic N) is 4. The van der Waals surface area contributed by atoms with Gasteiger partial charge in [0.25, 0.3) is 5.91 Å². The average molecular weight is 354 g/mol. The van der Waals surface area contributed by atoms with Crippen molar-refractivity contribution < 1.29 is 14.0 Å². The Balaban J connectivity index is 1.43. The number of halogens is 1. The van der Waals surface area contributed by atoms with Crippen LogP contribution in [0.15, 0.2) is 48.8 Å². The average Bonchev–Trinajstić information content (AvgIpc) is 2.98. The molecule has 6 nitrogen and oxygen atoms in total. The fourth-order valence-corrected chi connectivity index (χ4v) is 3.58. The monoisotopic (exact) mass is 354 g/mol. The zero-order valence-corrected chi connectivity index (χ0v) is 14.2. The standard InChI is InChI=1S/C19H19FN4O2/c20-16-5-3-14(4-6-16)11-23-13-17-12-22(8-9-24(17)19(23)26)18(25)15-2-1-7-21-10-15/h1-7,10,17H,8-9,11-13H2/t17-/m1/s1. The molecular weight excluding hydrogens is 335 g/mol. The Morgan fingerprint density at radius 2 is 1.96 bits per heavy atom. The van der Waals surface area contributed by atoms with Gasteiger partial charge in [0.1, 0.15) is 5.82 Å². The molecular formula is C19H19FN4O2. The number of fused-ring (bicyclic) bond motifs is 1. The first-order chi connectivity index (χ1) is 12.6. The molecule has 1 aromatic carbocycles. The van der Waals surface area contributed by atoms with Crippen molar-refractivity contribution in [3.8, 4) is 0 Å². The van der Waals surface area contributed by atoms with Crippen LogP contribution in [0.4, 0.5) is 9.18 Å². The summed E-state index contributed by atoms with van der Waals surface area (Å²) in [5.74, 6) is -0.342. The van der Waals surface area contributed by atoms with Gasteiger partial charge in [-0.05, 0) is 29.8 Å². The van der Waals surface area contributed by atoms with Crippen molar-refractivity contribution in [2.75, 3.05) is 26.2 Å². The highest BCUT2D eigenvalue weighted by atomic mass is 19.1. The molecule has 0 spiro atoms. The Morgan fingerprint density at radius 3 is 2.69 bits per heavy atom. The van der Waals surface area contributed by atoms with Crippen molar-refractivity contribution in [3.05, 3.63) is 65.7 Å². The van der Waals surface area contributed by atoms with E-state index in [9.17, 15) is 14.0 Å². The second kappa shape index (κ2) is 6.74. The normalized spacial score (nSPS) is 19.7. The maximum Gasteiger partial charge on any atom is 0.320 e. The number of benzene rings is 1. The minimum Gasteiger partial charge on any atom is -0.335 e. The molecule has 26 heavy (non-hydrogen) atoms. The summed E-state index contributed by atoms with van der Waals surface area (Å²) in [7, 11) is 0. The highest BCUT2D eigenvalue weighted by Crippen LogP contribution is 2.23. The minimum absolute atomic E-state index is 0.0164. The Labute approximate surface area is 150 Å². The molecule has 0 saturated carbocycles. The molecule has 2 fully saturated rings. The smallest absolute Gasteiger partial charge is 0.320 e. The molecule has 134 valence electrons. The maximum absolute atomic E-state index is 13.0. The Hall–Kier alpha value is -2.96. The Bertz CT molecular complexity index is 812. The van der Waals surface area contributed by atoms with Gasteiger partial charge in [-0.2, -0.15) is 0 Å². The van der Waals surface area contributed by atoms with Crippen molar-refractivity contribution in [3.63, 3.8) is 0 Å². The summed E-state index contributed by atoms with van der Waals surface area (Å²) >= 11 is 0. The quantitative estimate of drug-likeness (QED) is 0.847. The van der Waals surface area contributed by atoms with Gasteiger partial charge in [-0.1, -0.05) is 12.1 Å². The van der Waals surface area contributed by atoms with Crippen molar-refractivity contribution in [1.82, 2.24) is 19.7 Å². The van der Waals surface area contributed by atoms with Crippen LogP contribution in [0.3, 0.4) is 0 Å². The number of hydrogen-bond donors (Lipinski definition) is 0. The highest BCUT2D eigenvalue weighted by molar-refractivity contribution is 5.94. The second-order valence-corrected chi connectivity index (χ2v) is 6.63. The van der Waals surface area contributed by atoms with Crippen LogP contribution in [-0.4, -0.2) is 63.8 Å². The molecule has 2 aliphatic rings. The fraction of sp³-hybridized carbons (Fsp3) is 0.316. The summed E-state index contributed by atoms with van der Waals surface area (Å²) in [6, 6.07) is 9.64. The first-order valence-corrected chi connectivity index (χ1v) is 8.61. The van der Waals surface area contributed by atoms with Crippen LogP contribution < -0.4 is 0 Å². The van der Waals surface area contributed by atoms with E-state index in [0.29, 0.717) is 38.3 Å². The van der Waals surface area contributed by atoms with Crippen LogP contribution in [0.1, 0.15) is 15.9 Å². The molecule has 7 heteroatoms. The predicted molar refractivity (Wildman–Crippen MR) is 92.8 cm³/mol. The van der Waals surface area contributed by atoms with Crippen LogP contribution in [0.25, 0.3) is 0 Å².